The molecule has 3 unspecified atom stereocenters. The average Bonchev–Trinajstić information content (AvgIpc) is 2.89. The molecule has 0 aliphatic carbocycles. The Morgan fingerprint density at radius 1 is 0.905 bits per heavy atom. The van der Waals surface area contributed by atoms with Crippen molar-refractivity contribution >= 4 is 23.6 Å². The van der Waals surface area contributed by atoms with E-state index in [2.05, 4.69) is 24.5 Å². The molecule has 0 spiro atoms. The highest BCUT2D eigenvalue weighted by atomic mass is 16.6. The number of hydrogen-bond acceptors (Lipinski definition) is 5. The molecule has 8 heteroatoms. The predicted octanol–water partition coefficient (Wildman–Crippen LogP) is 7.19. The molecule has 0 bridgehead atoms. The summed E-state index contributed by atoms with van der Waals surface area (Å²) in [6.45, 7) is 19.3. The molecular weight excluding hydrogens is 530 g/mol. The molecule has 2 aromatic rings. The molecule has 0 aromatic heterocycles. The largest absolute Gasteiger partial charge is 0.497 e. The number of alkyl carbamates (subject to hydrolysis) is 1. The van der Waals surface area contributed by atoms with Gasteiger partial charge in [0.2, 0.25) is 5.91 Å². The van der Waals surface area contributed by atoms with Crippen LogP contribution in [0.3, 0.4) is 0 Å². The first-order chi connectivity index (χ1) is 19.5. The summed E-state index contributed by atoms with van der Waals surface area (Å²) in [5.74, 6) is 0.165. The number of carbonyl (C=O) groups is 3. The molecule has 0 radical (unpaired) electrons. The lowest BCUT2D eigenvalue weighted by Crippen LogP contribution is -2.56. The number of rotatable bonds is 12. The van der Waals surface area contributed by atoms with Gasteiger partial charge >= 0.3 is 6.09 Å². The molecule has 2 N–H and O–H groups in total. The first kappa shape index (κ1) is 34.7. The van der Waals surface area contributed by atoms with Gasteiger partial charge in [-0.05, 0) is 102 Å². The molecule has 0 fully saturated rings. The summed E-state index contributed by atoms with van der Waals surface area (Å²) in [7, 11) is 1.59. The quantitative estimate of drug-likeness (QED) is 0.276. The fourth-order valence-corrected chi connectivity index (χ4v) is 4.78. The molecule has 0 saturated carbocycles. The number of anilines is 1. The standard InChI is InChI=1S/C34H51N3O5/c1-21(2)12-15-25(7)37(32(39)29(22(3)4)36-33(40)42-34(8,9)10)30(28-20-23(5)13-14-24(28)6)31(38)35-26-16-18-27(41-11)19-17-26/h13-14,16-22,25,29-30H,12,15H2,1-11H3,(H,35,38)(H,36,40). The summed E-state index contributed by atoms with van der Waals surface area (Å²) in [4.78, 5) is 43.4. The number of nitrogens with one attached hydrogen (secondary N) is 2. The van der Waals surface area contributed by atoms with Gasteiger partial charge in [0.05, 0.1) is 7.11 Å². The van der Waals surface area contributed by atoms with E-state index in [1.54, 1.807) is 57.0 Å². The molecule has 232 valence electrons. The third-order valence-corrected chi connectivity index (χ3v) is 7.11. The highest BCUT2D eigenvalue weighted by molar-refractivity contribution is 5.99. The number of amides is 3. The van der Waals surface area contributed by atoms with E-state index in [-0.39, 0.29) is 23.8 Å². The summed E-state index contributed by atoms with van der Waals surface area (Å²) in [6.07, 6.45) is 0.893. The zero-order valence-corrected chi connectivity index (χ0v) is 27.3. The van der Waals surface area contributed by atoms with Crippen LogP contribution in [-0.2, 0) is 14.3 Å². The molecule has 0 saturated heterocycles. The van der Waals surface area contributed by atoms with Gasteiger partial charge < -0.3 is 25.0 Å². The van der Waals surface area contributed by atoms with Crippen LogP contribution in [0.5, 0.6) is 5.75 Å². The van der Waals surface area contributed by atoms with E-state index in [0.717, 1.165) is 23.1 Å². The molecule has 8 nitrogen and oxygen atoms in total. The third-order valence-electron chi connectivity index (χ3n) is 7.11. The molecule has 42 heavy (non-hydrogen) atoms. The first-order valence-electron chi connectivity index (χ1n) is 14.9. The normalized spacial score (nSPS) is 13.7. The molecule has 3 amide bonds. The highest BCUT2D eigenvalue weighted by Crippen LogP contribution is 2.32. The first-order valence-corrected chi connectivity index (χ1v) is 14.9. The van der Waals surface area contributed by atoms with Crippen molar-refractivity contribution in [3.63, 3.8) is 0 Å². The number of ether oxygens (including phenoxy) is 2. The lowest BCUT2D eigenvalue weighted by atomic mass is 9.92. The van der Waals surface area contributed by atoms with Crippen molar-refractivity contribution in [2.75, 3.05) is 12.4 Å². The lowest BCUT2D eigenvalue weighted by molar-refractivity contribution is -0.144. The van der Waals surface area contributed by atoms with E-state index in [4.69, 9.17) is 9.47 Å². The molecule has 0 aliphatic rings. The Kier molecular flexibility index (Phi) is 12.4. The van der Waals surface area contributed by atoms with Crippen LogP contribution in [0, 0.1) is 25.7 Å². The van der Waals surface area contributed by atoms with E-state index >= 15 is 0 Å². The van der Waals surface area contributed by atoms with E-state index in [1.807, 2.05) is 52.8 Å². The second-order valence-corrected chi connectivity index (χ2v) is 12.9. The lowest BCUT2D eigenvalue weighted by Gasteiger charge is -2.40. The van der Waals surface area contributed by atoms with Crippen LogP contribution in [0.15, 0.2) is 42.5 Å². The molecule has 2 rings (SSSR count). The van der Waals surface area contributed by atoms with Gasteiger partial charge in [0.25, 0.3) is 5.91 Å². The predicted molar refractivity (Wildman–Crippen MR) is 169 cm³/mol. The minimum atomic E-state index is -0.941. The number of nitrogens with zero attached hydrogens (tertiary/aromatic N) is 1. The Balaban J connectivity index is 2.66. The number of aryl methyl sites for hydroxylation is 2. The van der Waals surface area contributed by atoms with Crippen LogP contribution in [0.2, 0.25) is 0 Å². The maximum atomic E-state index is 14.6. The Bertz CT molecular complexity index is 1200. The molecule has 0 aliphatic heterocycles. The van der Waals surface area contributed by atoms with Gasteiger partial charge in [-0.15, -0.1) is 0 Å². The van der Waals surface area contributed by atoms with Gasteiger partial charge in [0.1, 0.15) is 23.4 Å². The topological polar surface area (TPSA) is 97.0 Å². The van der Waals surface area contributed by atoms with Crippen molar-refractivity contribution in [3.8, 4) is 5.75 Å². The van der Waals surface area contributed by atoms with E-state index in [1.165, 1.54) is 0 Å². The summed E-state index contributed by atoms with van der Waals surface area (Å²) in [5.41, 5.74) is 2.48. The summed E-state index contributed by atoms with van der Waals surface area (Å²) >= 11 is 0. The third kappa shape index (κ3) is 10.1. The molecule has 2 aromatic carbocycles. The van der Waals surface area contributed by atoms with E-state index in [9.17, 15) is 14.4 Å². The van der Waals surface area contributed by atoms with Crippen LogP contribution < -0.4 is 15.4 Å². The van der Waals surface area contributed by atoms with Crippen molar-refractivity contribution < 1.29 is 23.9 Å². The number of benzene rings is 2. The van der Waals surface area contributed by atoms with Crippen LogP contribution in [0.25, 0.3) is 0 Å². The van der Waals surface area contributed by atoms with Gasteiger partial charge in [-0.1, -0.05) is 51.5 Å². The van der Waals surface area contributed by atoms with Gasteiger partial charge in [-0.25, -0.2) is 4.79 Å². The van der Waals surface area contributed by atoms with E-state index in [0.29, 0.717) is 23.8 Å². The summed E-state index contributed by atoms with van der Waals surface area (Å²) < 4.78 is 10.8. The SMILES string of the molecule is COc1ccc(NC(=O)C(c2cc(C)ccc2C)N(C(=O)C(NC(=O)OC(C)(C)C)C(C)C)C(C)CCC(C)C)cc1. The Morgan fingerprint density at radius 3 is 2.05 bits per heavy atom. The van der Waals surface area contributed by atoms with Crippen molar-refractivity contribution in [3.05, 3.63) is 59.2 Å². The van der Waals surface area contributed by atoms with Crippen LogP contribution in [0.1, 0.15) is 91.0 Å². The van der Waals surface area contributed by atoms with Crippen molar-refractivity contribution in [2.45, 2.75) is 106 Å². The molecule has 0 heterocycles. The summed E-state index contributed by atoms with van der Waals surface area (Å²) in [6, 6.07) is 10.9. The number of hydrogen-bond donors (Lipinski definition) is 2. The van der Waals surface area contributed by atoms with Gasteiger partial charge in [-0.2, -0.15) is 0 Å². The second kappa shape index (κ2) is 15.1. The van der Waals surface area contributed by atoms with Crippen LogP contribution in [-0.4, -0.2) is 47.6 Å². The fourth-order valence-electron chi connectivity index (χ4n) is 4.78. The van der Waals surface area contributed by atoms with Crippen molar-refractivity contribution in [1.29, 1.82) is 0 Å². The minimum Gasteiger partial charge on any atom is -0.497 e. The number of carbonyl (C=O) groups excluding carboxylic acids is 3. The second-order valence-electron chi connectivity index (χ2n) is 12.9. The molecule has 3 atom stereocenters. The average molecular weight is 582 g/mol. The smallest absolute Gasteiger partial charge is 0.408 e. The number of methoxy groups -OCH3 is 1. The minimum absolute atomic E-state index is 0.256. The maximum absolute atomic E-state index is 14.6. The molecular formula is C34H51N3O5. The van der Waals surface area contributed by atoms with Gasteiger partial charge in [-0.3, -0.25) is 9.59 Å². The maximum Gasteiger partial charge on any atom is 0.408 e. The van der Waals surface area contributed by atoms with E-state index < -0.39 is 23.8 Å². The monoisotopic (exact) mass is 581 g/mol. The van der Waals surface area contributed by atoms with Gasteiger partial charge in [0.15, 0.2) is 0 Å². The zero-order chi connectivity index (χ0) is 31.8. The Labute approximate surface area is 252 Å². The Hall–Kier alpha value is -3.55. The summed E-state index contributed by atoms with van der Waals surface area (Å²) in [5, 5.41) is 5.84. The fraction of sp³-hybridized carbons (Fsp3) is 0.559. The van der Waals surface area contributed by atoms with Crippen LogP contribution >= 0.6 is 0 Å². The van der Waals surface area contributed by atoms with Gasteiger partial charge in [0, 0.05) is 11.7 Å². The highest BCUT2D eigenvalue weighted by Gasteiger charge is 2.40. The van der Waals surface area contributed by atoms with Crippen molar-refractivity contribution in [1.82, 2.24) is 10.2 Å². The van der Waals surface area contributed by atoms with Crippen LogP contribution in [0.4, 0.5) is 10.5 Å². The zero-order valence-electron chi connectivity index (χ0n) is 27.3. The van der Waals surface area contributed by atoms with Crippen molar-refractivity contribution in [2.24, 2.45) is 11.8 Å². The Morgan fingerprint density at radius 2 is 1.52 bits per heavy atom.